The summed E-state index contributed by atoms with van der Waals surface area (Å²) in [5.41, 5.74) is 1.02. The van der Waals surface area contributed by atoms with Crippen LogP contribution in [0.2, 0.25) is 0 Å². The van der Waals surface area contributed by atoms with Crippen molar-refractivity contribution in [2.24, 2.45) is 0 Å². The van der Waals surface area contributed by atoms with Gasteiger partial charge in [-0.1, -0.05) is 0 Å². The van der Waals surface area contributed by atoms with E-state index in [0.717, 1.165) is 5.56 Å². The highest BCUT2D eigenvalue weighted by Gasteiger charge is 2.14. The first kappa shape index (κ1) is 12.2. The molecule has 0 fully saturated rings. The molecular formula is C9H17N3O2S. The van der Waals surface area contributed by atoms with Crippen LogP contribution in [-0.2, 0) is 9.84 Å². The predicted molar refractivity (Wildman–Crippen MR) is 59.3 cm³/mol. The van der Waals surface area contributed by atoms with Crippen LogP contribution in [0, 0.1) is 0 Å². The molecule has 1 aromatic heterocycles. The number of aromatic nitrogens is 2. The van der Waals surface area contributed by atoms with Crippen molar-refractivity contribution in [2.75, 3.05) is 12.0 Å². The van der Waals surface area contributed by atoms with Crippen molar-refractivity contribution in [3.63, 3.8) is 0 Å². The Bertz CT molecular complexity index is 385. The van der Waals surface area contributed by atoms with E-state index in [2.05, 4.69) is 15.5 Å². The van der Waals surface area contributed by atoms with Crippen molar-refractivity contribution in [1.82, 2.24) is 15.5 Å². The first-order valence-corrected chi connectivity index (χ1v) is 6.87. The lowest BCUT2D eigenvalue weighted by molar-refractivity contribution is 0.501. The van der Waals surface area contributed by atoms with Crippen molar-refractivity contribution < 1.29 is 8.42 Å². The Morgan fingerprint density at radius 3 is 2.67 bits per heavy atom. The first-order valence-electron chi connectivity index (χ1n) is 4.81. The molecule has 1 heterocycles. The monoisotopic (exact) mass is 231 g/mol. The minimum absolute atomic E-state index is 0.0649. The Labute approximate surface area is 90.2 Å². The Balaban J connectivity index is 2.49. The number of aromatic amines is 1. The van der Waals surface area contributed by atoms with Gasteiger partial charge < -0.3 is 5.32 Å². The summed E-state index contributed by atoms with van der Waals surface area (Å²) in [6, 6.07) is 0.0328. The van der Waals surface area contributed by atoms with E-state index in [0.29, 0.717) is 0 Å². The van der Waals surface area contributed by atoms with E-state index < -0.39 is 9.84 Å². The highest BCUT2D eigenvalue weighted by atomic mass is 32.2. The molecule has 1 rings (SSSR count). The molecule has 0 aliphatic heterocycles. The van der Waals surface area contributed by atoms with Crippen molar-refractivity contribution in [3.8, 4) is 0 Å². The predicted octanol–water partition coefficient (Wildman–Crippen LogP) is 0.493. The molecule has 0 spiro atoms. The second-order valence-electron chi connectivity index (χ2n) is 3.91. The van der Waals surface area contributed by atoms with Gasteiger partial charge >= 0.3 is 0 Å². The molecule has 6 heteroatoms. The van der Waals surface area contributed by atoms with Crippen molar-refractivity contribution in [3.05, 3.63) is 18.0 Å². The lowest BCUT2D eigenvalue weighted by Gasteiger charge is -2.18. The molecule has 0 amide bonds. The van der Waals surface area contributed by atoms with Gasteiger partial charge in [0.1, 0.15) is 9.84 Å². The van der Waals surface area contributed by atoms with Gasteiger partial charge in [0.15, 0.2) is 0 Å². The maximum Gasteiger partial charge on any atom is 0.148 e. The van der Waals surface area contributed by atoms with Crippen LogP contribution in [0.1, 0.15) is 25.5 Å². The van der Waals surface area contributed by atoms with Crippen LogP contribution in [0.25, 0.3) is 0 Å². The Hall–Kier alpha value is -0.880. The summed E-state index contributed by atoms with van der Waals surface area (Å²) in [6.07, 6.45) is 4.77. The van der Waals surface area contributed by atoms with Gasteiger partial charge in [0, 0.05) is 30.1 Å². The highest BCUT2D eigenvalue weighted by molar-refractivity contribution is 7.90. The zero-order chi connectivity index (χ0) is 11.5. The summed E-state index contributed by atoms with van der Waals surface area (Å²) in [6.45, 7) is 3.83. The summed E-state index contributed by atoms with van der Waals surface area (Å²) in [5, 5.41) is 9.77. The van der Waals surface area contributed by atoms with E-state index >= 15 is 0 Å². The Morgan fingerprint density at radius 1 is 1.53 bits per heavy atom. The molecule has 0 saturated heterocycles. The number of hydrogen-bond donors (Lipinski definition) is 2. The zero-order valence-electron chi connectivity index (χ0n) is 9.19. The SMILES string of the molecule is CC(CS(C)(=O)=O)NC(C)c1cn[nH]c1. The topological polar surface area (TPSA) is 74.8 Å². The third-order valence-corrected chi connectivity index (χ3v) is 3.21. The summed E-state index contributed by atoms with van der Waals surface area (Å²) < 4.78 is 22.1. The summed E-state index contributed by atoms with van der Waals surface area (Å²) in [4.78, 5) is 0. The number of hydrogen-bond acceptors (Lipinski definition) is 4. The quantitative estimate of drug-likeness (QED) is 0.773. The van der Waals surface area contributed by atoms with Gasteiger partial charge in [-0.2, -0.15) is 5.10 Å². The fourth-order valence-electron chi connectivity index (χ4n) is 1.52. The molecule has 0 aliphatic carbocycles. The van der Waals surface area contributed by atoms with Crippen LogP contribution in [0.15, 0.2) is 12.4 Å². The molecule has 0 aliphatic rings. The van der Waals surface area contributed by atoms with E-state index in [4.69, 9.17) is 0 Å². The van der Waals surface area contributed by atoms with Gasteiger partial charge in [-0.05, 0) is 13.8 Å². The third kappa shape index (κ3) is 4.44. The zero-order valence-corrected chi connectivity index (χ0v) is 10.0. The molecule has 1 aromatic rings. The lowest BCUT2D eigenvalue weighted by atomic mass is 10.2. The highest BCUT2D eigenvalue weighted by Crippen LogP contribution is 2.10. The Morgan fingerprint density at radius 2 is 2.20 bits per heavy atom. The van der Waals surface area contributed by atoms with Crippen LogP contribution < -0.4 is 5.32 Å². The van der Waals surface area contributed by atoms with Crippen LogP contribution in [-0.4, -0.2) is 36.7 Å². The second kappa shape index (κ2) is 4.76. The molecule has 2 atom stereocenters. The number of nitrogens with zero attached hydrogens (tertiary/aromatic N) is 1. The largest absolute Gasteiger partial charge is 0.307 e. The minimum Gasteiger partial charge on any atom is -0.307 e. The minimum atomic E-state index is -2.92. The number of nitrogens with one attached hydrogen (secondary N) is 2. The molecule has 5 nitrogen and oxygen atoms in total. The van der Waals surface area contributed by atoms with Gasteiger partial charge in [-0.15, -0.1) is 0 Å². The van der Waals surface area contributed by atoms with Crippen molar-refractivity contribution in [1.29, 1.82) is 0 Å². The van der Waals surface area contributed by atoms with Gasteiger partial charge in [0.05, 0.1) is 11.9 Å². The van der Waals surface area contributed by atoms with E-state index in [1.54, 1.807) is 12.4 Å². The number of sulfone groups is 1. The summed E-state index contributed by atoms with van der Waals surface area (Å²) in [5.74, 6) is 0.148. The van der Waals surface area contributed by atoms with E-state index in [1.807, 2.05) is 13.8 Å². The number of H-pyrrole nitrogens is 1. The first-order chi connectivity index (χ1) is 6.88. The van der Waals surface area contributed by atoms with Crippen LogP contribution >= 0.6 is 0 Å². The summed E-state index contributed by atoms with van der Waals surface area (Å²) in [7, 11) is -2.92. The van der Waals surface area contributed by atoms with E-state index in [9.17, 15) is 8.42 Å². The summed E-state index contributed by atoms with van der Waals surface area (Å²) >= 11 is 0. The molecule has 2 N–H and O–H groups in total. The molecule has 0 bridgehead atoms. The van der Waals surface area contributed by atoms with Gasteiger partial charge in [0.25, 0.3) is 0 Å². The van der Waals surface area contributed by atoms with Gasteiger partial charge in [-0.25, -0.2) is 8.42 Å². The molecule has 2 unspecified atom stereocenters. The lowest BCUT2D eigenvalue weighted by Crippen LogP contribution is -2.34. The molecule has 86 valence electrons. The average molecular weight is 231 g/mol. The molecule has 0 aromatic carbocycles. The normalized spacial score (nSPS) is 16.2. The smallest absolute Gasteiger partial charge is 0.148 e. The third-order valence-electron chi connectivity index (χ3n) is 2.11. The standard InChI is InChI=1S/C9H17N3O2S/c1-7(6-15(3,13)14)12-8(2)9-4-10-11-5-9/h4-5,7-8,12H,6H2,1-3H3,(H,10,11). The molecule has 0 saturated carbocycles. The van der Waals surface area contributed by atoms with Crippen molar-refractivity contribution in [2.45, 2.75) is 25.9 Å². The number of rotatable bonds is 5. The fraction of sp³-hybridized carbons (Fsp3) is 0.667. The molecule has 15 heavy (non-hydrogen) atoms. The average Bonchev–Trinajstić information content (AvgIpc) is 2.50. The fourth-order valence-corrected chi connectivity index (χ4v) is 2.53. The Kier molecular flexibility index (Phi) is 3.87. The maximum absolute atomic E-state index is 11.1. The van der Waals surface area contributed by atoms with Crippen molar-refractivity contribution >= 4 is 9.84 Å². The maximum atomic E-state index is 11.1. The molecular weight excluding hydrogens is 214 g/mol. The van der Waals surface area contributed by atoms with Gasteiger partial charge in [0.2, 0.25) is 0 Å². The molecule has 0 radical (unpaired) electrons. The van der Waals surface area contributed by atoms with Crippen LogP contribution in [0.5, 0.6) is 0 Å². The van der Waals surface area contributed by atoms with E-state index in [1.165, 1.54) is 6.26 Å². The van der Waals surface area contributed by atoms with Crippen LogP contribution in [0.3, 0.4) is 0 Å². The second-order valence-corrected chi connectivity index (χ2v) is 6.10. The van der Waals surface area contributed by atoms with Crippen LogP contribution in [0.4, 0.5) is 0 Å². The van der Waals surface area contributed by atoms with Gasteiger partial charge in [-0.3, -0.25) is 5.10 Å². The van der Waals surface area contributed by atoms with E-state index in [-0.39, 0.29) is 17.8 Å².